The molecule has 1 unspecified atom stereocenters. The Morgan fingerprint density at radius 2 is 2.04 bits per heavy atom. The molecule has 0 saturated carbocycles. The molecule has 1 aromatic rings. The number of amides is 2. The summed E-state index contributed by atoms with van der Waals surface area (Å²) in [6.45, 7) is 8.92. The molecule has 0 radical (unpaired) electrons. The Bertz CT molecular complexity index is 609. The molecule has 0 bridgehead atoms. The number of carbonyl (C=O) groups excluding carboxylic acids is 1. The number of benzene rings is 1. The average molecular weight is 505 g/mol. The number of hydrogen-bond donors (Lipinski definition) is 3. The fourth-order valence-corrected chi connectivity index (χ4v) is 3.99. The lowest BCUT2D eigenvalue weighted by Gasteiger charge is -2.34. The summed E-state index contributed by atoms with van der Waals surface area (Å²) in [5.74, 6) is 2.11. The van der Waals surface area contributed by atoms with Gasteiger partial charge in [0, 0.05) is 49.4 Å². The molecule has 27 heavy (non-hydrogen) atoms. The van der Waals surface area contributed by atoms with Gasteiger partial charge in [0.25, 0.3) is 0 Å². The maximum atomic E-state index is 11.7. The van der Waals surface area contributed by atoms with E-state index in [1.54, 1.807) is 0 Å². The highest BCUT2D eigenvalue weighted by atomic mass is 127. The van der Waals surface area contributed by atoms with Gasteiger partial charge in [-0.1, -0.05) is 19.1 Å². The van der Waals surface area contributed by atoms with E-state index in [4.69, 9.17) is 0 Å². The summed E-state index contributed by atoms with van der Waals surface area (Å²) < 4.78 is 0. The first-order chi connectivity index (χ1) is 12.5. The highest BCUT2D eigenvalue weighted by Gasteiger charge is 2.21. The zero-order chi connectivity index (χ0) is 18.9. The van der Waals surface area contributed by atoms with Crippen LogP contribution in [0.5, 0.6) is 0 Å². The third kappa shape index (κ3) is 8.16. The summed E-state index contributed by atoms with van der Waals surface area (Å²) in [6.07, 6.45) is 1.19. The molecule has 1 saturated heterocycles. The van der Waals surface area contributed by atoms with Gasteiger partial charge in [-0.05, 0) is 38.0 Å². The highest BCUT2D eigenvalue weighted by Crippen LogP contribution is 2.21. The van der Waals surface area contributed by atoms with Crippen LogP contribution < -0.4 is 16.0 Å². The van der Waals surface area contributed by atoms with Crippen molar-refractivity contribution in [3.63, 3.8) is 0 Å². The summed E-state index contributed by atoms with van der Waals surface area (Å²) in [7, 11) is 1.84. The van der Waals surface area contributed by atoms with Gasteiger partial charge in [0.1, 0.15) is 0 Å². The third-order valence-corrected chi connectivity index (χ3v) is 5.56. The molecule has 0 spiro atoms. The molecule has 1 aliphatic rings. The normalized spacial score (nSPS) is 17.3. The van der Waals surface area contributed by atoms with Crippen molar-refractivity contribution in [3.05, 3.63) is 29.8 Å². The van der Waals surface area contributed by atoms with Crippen LogP contribution >= 0.6 is 35.7 Å². The first-order valence-electron chi connectivity index (χ1n) is 9.25. The molecule has 1 fully saturated rings. The minimum atomic E-state index is -0.181. The highest BCUT2D eigenvalue weighted by molar-refractivity contribution is 14.0. The molecule has 1 atom stereocenters. The van der Waals surface area contributed by atoms with E-state index in [-0.39, 0.29) is 36.0 Å². The Morgan fingerprint density at radius 3 is 2.63 bits per heavy atom. The first kappa shape index (κ1) is 23.9. The fraction of sp³-hybridized carbons (Fsp3) is 0.579. The fourth-order valence-electron chi connectivity index (χ4n) is 2.81. The van der Waals surface area contributed by atoms with Gasteiger partial charge in [0.2, 0.25) is 0 Å². The smallest absolute Gasteiger partial charge is 0.319 e. The molecule has 1 aromatic carbocycles. The van der Waals surface area contributed by atoms with E-state index < -0.39 is 0 Å². The molecular weight excluding hydrogens is 473 g/mol. The topological polar surface area (TPSA) is 68.8 Å². The van der Waals surface area contributed by atoms with E-state index >= 15 is 0 Å². The number of thioether (sulfide) groups is 1. The van der Waals surface area contributed by atoms with Crippen LogP contribution in [0.25, 0.3) is 0 Å². The van der Waals surface area contributed by atoms with E-state index in [1.807, 2.05) is 45.2 Å². The van der Waals surface area contributed by atoms with Gasteiger partial charge in [0.15, 0.2) is 5.96 Å². The number of nitrogens with one attached hydrogen (secondary N) is 3. The van der Waals surface area contributed by atoms with Crippen LogP contribution in [0.2, 0.25) is 0 Å². The number of aliphatic imine (C=N–C) groups is 1. The largest absolute Gasteiger partial charge is 0.352 e. The van der Waals surface area contributed by atoms with Crippen LogP contribution in [0.3, 0.4) is 0 Å². The second-order valence-electron chi connectivity index (χ2n) is 6.70. The van der Waals surface area contributed by atoms with E-state index in [9.17, 15) is 4.79 Å². The zero-order valence-corrected chi connectivity index (χ0v) is 19.8. The van der Waals surface area contributed by atoms with E-state index in [1.165, 1.54) is 6.42 Å². The molecule has 0 aliphatic carbocycles. The van der Waals surface area contributed by atoms with Crippen LogP contribution in [-0.4, -0.2) is 54.1 Å². The summed E-state index contributed by atoms with van der Waals surface area (Å²) in [4.78, 5) is 18.5. The predicted octanol–water partition coefficient (Wildman–Crippen LogP) is 3.74. The van der Waals surface area contributed by atoms with Crippen molar-refractivity contribution in [2.24, 2.45) is 4.99 Å². The van der Waals surface area contributed by atoms with Crippen molar-refractivity contribution in [2.45, 2.75) is 45.0 Å². The van der Waals surface area contributed by atoms with Gasteiger partial charge in [-0.25, -0.2) is 4.79 Å². The minimum absolute atomic E-state index is 0. The van der Waals surface area contributed by atoms with Crippen molar-refractivity contribution in [1.29, 1.82) is 0 Å². The van der Waals surface area contributed by atoms with Gasteiger partial charge >= 0.3 is 6.03 Å². The SMILES string of the molecule is CCC1CN(C(=NC)NCc2ccc(NC(=O)NC(C)C)cc2)CCS1.I. The third-order valence-electron chi connectivity index (χ3n) is 4.19. The molecule has 3 N–H and O–H groups in total. The summed E-state index contributed by atoms with van der Waals surface area (Å²) in [5.41, 5.74) is 1.94. The molecular formula is C19H32IN5OS. The zero-order valence-electron chi connectivity index (χ0n) is 16.6. The maximum Gasteiger partial charge on any atom is 0.319 e. The van der Waals surface area contributed by atoms with E-state index in [2.05, 4.69) is 44.5 Å². The van der Waals surface area contributed by atoms with Crippen molar-refractivity contribution in [1.82, 2.24) is 15.5 Å². The molecule has 152 valence electrons. The quantitative estimate of drug-likeness (QED) is 0.324. The van der Waals surface area contributed by atoms with Crippen molar-refractivity contribution >= 4 is 53.4 Å². The number of anilines is 1. The standard InChI is InChI=1S/C19H31N5OS.HI/c1-5-17-13-24(10-11-26-17)18(20-4)21-12-15-6-8-16(9-7-15)23-19(25)22-14(2)3;/h6-9,14,17H,5,10-13H2,1-4H3,(H,20,21)(H2,22,23,25);1H. The van der Waals surface area contributed by atoms with Gasteiger partial charge in [0.05, 0.1) is 0 Å². The molecule has 0 aromatic heterocycles. The second-order valence-corrected chi connectivity index (χ2v) is 8.11. The average Bonchev–Trinajstić information content (AvgIpc) is 2.63. The number of hydrogen-bond acceptors (Lipinski definition) is 3. The number of urea groups is 1. The molecule has 6 nitrogen and oxygen atoms in total. The van der Waals surface area contributed by atoms with Crippen molar-refractivity contribution in [2.75, 3.05) is 31.2 Å². The molecule has 2 rings (SSSR count). The lowest BCUT2D eigenvalue weighted by atomic mass is 10.2. The Kier molecular flexibility index (Phi) is 10.9. The number of guanidine groups is 1. The minimum Gasteiger partial charge on any atom is -0.352 e. The molecule has 1 aliphatic heterocycles. The summed E-state index contributed by atoms with van der Waals surface area (Å²) in [5, 5.41) is 9.79. The molecule has 8 heteroatoms. The van der Waals surface area contributed by atoms with Crippen molar-refractivity contribution in [3.8, 4) is 0 Å². The first-order valence-corrected chi connectivity index (χ1v) is 10.3. The Hall–Kier alpha value is -1.16. The van der Waals surface area contributed by atoms with E-state index in [0.717, 1.165) is 36.1 Å². The van der Waals surface area contributed by atoms with Crippen molar-refractivity contribution < 1.29 is 4.79 Å². The number of rotatable bonds is 5. The number of nitrogens with zero attached hydrogens (tertiary/aromatic N) is 2. The predicted molar refractivity (Wildman–Crippen MR) is 127 cm³/mol. The Morgan fingerprint density at radius 1 is 1.33 bits per heavy atom. The lowest BCUT2D eigenvalue weighted by Crippen LogP contribution is -2.47. The lowest BCUT2D eigenvalue weighted by molar-refractivity contribution is 0.250. The Balaban J connectivity index is 0.00000364. The maximum absolute atomic E-state index is 11.7. The molecule has 2 amide bonds. The van der Waals surface area contributed by atoms with Crippen LogP contribution in [0.15, 0.2) is 29.3 Å². The van der Waals surface area contributed by atoms with Crippen LogP contribution in [-0.2, 0) is 6.54 Å². The van der Waals surface area contributed by atoms with Crippen LogP contribution in [0, 0.1) is 0 Å². The summed E-state index contributed by atoms with van der Waals surface area (Å²) in [6, 6.07) is 7.82. The molecule has 1 heterocycles. The number of carbonyl (C=O) groups is 1. The summed E-state index contributed by atoms with van der Waals surface area (Å²) >= 11 is 2.06. The Labute approximate surface area is 184 Å². The monoisotopic (exact) mass is 505 g/mol. The van der Waals surface area contributed by atoms with Crippen LogP contribution in [0.1, 0.15) is 32.8 Å². The second kappa shape index (κ2) is 12.3. The van der Waals surface area contributed by atoms with Gasteiger partial charge < -0.3 is 20.9 Å². The number of halogens is 1. The van der Waals surface area contributed by atoms with E-state index in [0.29, 0.717) is 11.8 Å². The van der Waals surface area contributed by atoms with Gasteiger partial charge in [-0.3, -0.25) is 4.99 Å². The van der Waals surface area contributed by atoms with Crippen LogP contribution in [0.4, 0.5) is 10.5 Å². The van der Waals surface area contributed by atoms with Gasteiger partial charge in [-0.15, -0.1) is 24.0 Å². The van der Waals surface area contributed by atoms with Gasteiger partial charge in [-0.2, -0.15) is 11.8 Å².